The van der Waals surface area contributed by atoms with E-state index in [4.69, 9.17) is 4.74 Å². The first-order valence-corrected chi connectivity index (χ1v) is 9.05. The maximum absolute atomic E-state index is 12.1. The van der Waals surface area contributed by atoms with Gasteiger partial charge in [0.1, 0.15) is 18.0 Å². The molecule has 0 fully saturated rings. The van der Waals surface area contributed by atoms with Crippen LogP contribution in [-0.2, 0) is 17.8 Å². The van der Waals surface area contributed by atoms with Crippen molar-refractivity contribution in [3.63, 3.8) is 0 Å². The molecule has 1 amide bonds. The fraction of sp³-hybridized carbons (Fsp3) is 0.211. The van der Waals surface area contributed by atoms with Crippen molar-refractivity contribution in [3.05, 3.63) is 69.8 Å². The average Bonchev–Trinajstić information content (AvgIpc) is 3.19. The summed E-state index contributed by atoms with van der Waals surface area (Å²) >= 11 is 1.54. The van der Waals surface area contributed by atoms with E-state index in [1.807, 2.05) is 41.8 Å². The monoisotopic (exact) mass is 369 g/mol. The molecule has 0 unspecified atom stereocenters. The molecule has 1 N–H and O–H groups in total. The molecule has 0 bridgehead atoms. The zero-order chi connectivity index (χ0) is 18.4. The number of hydrogen-bond acceptors (Lipinski definition) is 5. The Morgan fingerprint density at radius 3 is 2.69 bits per heavy atom. The van der Waals surface area contributed by atoms with Crippen molar-refractivity contribution in [2.45, 2.75) is 13.0 Å². The minimum atomic E-state index is -0.296. The summed E-state index contributed by atoms with van der Waals surface area (Å²) in [6.07, 6.45) is 0.702. The van der Waals surface area contributed by atoms with E-state index in [9.17, 15) is 9.59 Å². The SMILES string of the molecule is COc1ccc(CCNC(=O)Cn2nc(-c3cccs3)ccc2=O)cc1. The van der Waals surface area contributed by atoms with Gasteiger partial charge in [0.15, 0.2) is 0 Å². The zero-order valence-corrected chi connectivity index (χ0v) is 15.2. The van der Waals surface area contributed by atoms with Gasteiger partial charge in [0.25, 0.3) is 5.56 Å². The average molecular weight is 369 g/mol. The van der Waals surface area contributed by atoms with Crippen molar-refractivity contribution >= 4 is 17.2 Å². The molecule has 2 heterocycles. The first-order chi connectivity index (χ1) is 12.7. The minimum Gasteiger partial charge on any atom is -0.497 e. The summed E-state index contributed by atoms with van der Waals surface area (Å²) in [7, 11) is 1.62. The van der Waals surface area contributed by atoms with Crippen molar-refractivity contribution in [3.8, 4) is 16.3 Å². The molecule has 0 spiro atoms. The standard InChI is InChI=1S/C19H19N3O3S/c1-25-15-6-4-14(5-7-15)10-11-20-18(23)13-22-19(24)9-8-16(21-22)17-3-2-12-26-17/h2-9,12H,10-11,13H2,1H3,(H,20,23). The van der Waals surface area contributed by atoms with Crippen LogP contribution in [0, 0.1) is 0 Å². The summed E-state index contributed by atoms with van der Waals surface area (Å²) in [6.45, 7) is 0.394. The van der Waals surface area contributed by atoms with Crippen LogP contribution in [0.25, 0.3) is 10.6 Å². The molecular formula is C19H19N3O3S. The third-order valence-electron chi connectivity index (χ3n) is 3.83. The maximum Gasteiger partial charge on any atom is 0.267 e. The Morgan fingerprint density at radius 2 is 2.00 bits per heavy atom. The lowest BCUT2D eigenvalue weighted by Crippen LogP contribution is -2.34. The van der Waals surface area contributed by atoms with Gasteiger partial charge in [-0.3, -0.25) is 9.59 Å². The highest BCUT2D eigenvalue weighted by molar-refractivity contribution is 7.13. The van der Waals surface area contributed by atoms with E-state index < -0.39 is 0 Å². The van der Waals surface area contributed by atoms with E-state index in [1.54, 1.807) is 13.2 Å². The Labute approximate surface area is 155 Å². The molecule has 1 aromatic carbocycles. The molecule has 0 saturated carbocycles. The molecule has 0 radical (unpaired) electrons. The van der Waals surface area contributed by atoms with Gasteiger partial charge in [-0.1, -0.05) is 18.2 Å². The molecule has 134 valence electrons. The number of nitrogens with zero attached hydrogens (tertiary/aromatic N) is 2. The molecule has 0 aliphatic heterocycles. The van der Waals surface area contributed by atoms with Crippen LogP contribution in [0.2, 0.25) is 0 Å². The number of hydrogen-bond donors (Lipinski definition) is 1. The van der Waals surface area contributed by atoms with Gasteiger partial charge in [-0.2, -0.15) is 5.10 Å². The lowest BCUT2D eigenvalue weighted by molar-refractivity contribution is -0.121. The van der Waals surface area contributed by atoms with Crippen molar-refractivity contribution in [2.24, 2.45) is 0 Å². The van der Waals surface area contributed by atoms with Crippen molar-refractivity contribution in [1.82, 2.24) is 15.1 Å². The number of rotatable bonds is 7. The van der Waals surface area contributed by atoms with Gasteiger partial charge in [0.05, 0.1) is 12.0 Å². The molecule has 0 atom stereocenters. The predicted octanol–water partition coefficient (Wildman–Crippen LogP) is 2.34. The van der Waals surface area contributed by atoms with Gasteiger partial charge in [-0.05, 0) is 41.6 Å². The minimum absolute atomic E-state index is 0.0966. The summed E-state index contributed by atoms with van der Waals surface area (Å²) in [6, 6.07) is 14.6. The number of carbonyl (C=O) groups is 1. The number of ether oxygens (including phenoxy) is 1. The van der Waals surface area contributed by atoms with Crippen LogP contribution in [0.15, 0.2) is 58.7 Å². The second-order valence-electron chi connectivity index (χ2n) is 5.64. The Kier molecular flexibility index (Phi) is 5.80. The van der Waals surface area contributed by atoms with Gasteiger partial charge < -0.3 is 10.1 Å². The number of amides is 1. The van der Waals surface area contributed by atoms with Crippen LogP contribution in [0.3, 0.4) is 0 Å². The van der Waals surface area contributed by atoms with Crippen molar-refractivity contribution in [2.75, 3.05) is 13.7 Å². The molecule has 3 aromatic rings. The van der Waals surface area contributed by atoms with Crippen LogP contribution in [-0.4, -0.2) is 29.3 Å². The Hall–Kier alpha value is -2.93. The summed E-state index contributed by atoms with van der Waals surface area (Å²) in [4.78, 5) is 25.0. The summed E-state index contributed by atoms with van der Waals surface area (Å²) in [5.41, 5.74) is 1.49. The molecule has 2 aromatic heterocycles. The topological polar surface area (TPSA) is 73.2 Å². The van der Waals surface area contributed by atoms with Crippen molar-refractivity contribution in [1.29, 1.82) is 0 Å². The first-order valence-electron chi connectivity index (χ1n) is 8.17. The highest BCUT2D eigenvalue weighted by Gasteiger charge is 2.08. The third kappa shape index (κ3) is 4.58. The fourth-order valence-corrected chi connectivity index (χ4v) is 3.14. The van der Waals surface area contributed by atoms with Crippen LogP contribution in [0.4, 0.5) is 0 Å². The van der Waals surface area contributed by atoms with E-state index in [-0.39, 0.29) is 18.0 Å². The molecule has 6 nitrogen and oxygen atoms in total. The number of benzene rings is 1. The zero-order valence-electron chi connectivity index (χ0n) is 14.3. The Morgan fingerprint density at radius 1 is 1.19 bits per heavy atom. The van der Waals surface area contributed by atoms with E-state index in [0.29, 0.717) is 18.7 Å². The highest BCUT2D eigenvalue weighted by Crippen LogP contribution is 2.21. The lowest BCUT2D eigenvalue weighted by Gasteiger charge is -2.08. The molecule has 0 aliphatic carbocycles. The molecule has 26 heavy (non-hydrogen) atoms. The second-order valence-corrected chi connectivity index (χ2v) is 6.59. The molecule has 3 rings (SSSR count). The van der Waals surface area contributed by atoms with E-state index in [2.05, 4.69) is 10.4 Å². The fourth-order valence-electron chi connectivity index (χ4n) is 2.45. The number of carbonyl (C=O) groups excluding carboxylic acids is 1. The molecule has 0 aliphatic rings. The van der Waals surface area contributed by atoms with Gasteiger partial charge in [0, 0.05) is 12.6 Å². The lowest BCUT2D eigenvalue weighted by atomic mass is 10.1. The van der Waals surface area contributed by atoms with Crippen LogP contribution in [0.5, 0.6) is 5.75 Å². The smallest absolute Gasteiger partial charge is 0.267 e. The largest absolute Gasteiger partial charge is 0.497 e. The highest BCUT2D eigenvalue weighted by atomic mass is 32.1. The molecular weight excluding hydrogens is 350 g/mol. The predicted molar refractivity (Wildman–Crippen MR) is 102 cm³/mol. The Balaban J connectivity index is 1.56. The summed E-state index contributed by atoms with van der Waals surface area (Å²) < 4.78 is 6.31. The van der Waals surface area contributed by atoms with E-state index in [1.165, 1.54) is 22.1 Å². The van der Waals surface area contributed by atoms with Crippen LogP contribution >= 0.6 is 11.3 Å². The van der Waals surface area contributed by atoms with Gasteiger partial charge in [-0.15, -0.1) is 11.3 Å². The quantitative estimate of drug-likeness (QED) is 0.694. The van der Waals surface area contributed by atoms with Crippen LogP contribution < -0.4 is 15.6 Å². The maximum atomic E-state index is 12.1. The summed E-state index contributed by atoms with van der Waals surface area (Å²) in [5.74, 6) is 0.560. The van der Waals surface area contributed by atoms with Gasteiger partial charge in [0.2, 0.25) is 5.91 Å². The third-order valence-corrected chi connectivity index (χ3v) is 4.72. The number of methoxy groups -OCH3 is 1. The number of aromatic nitrogens is 2. The number of thiophene rings is 1. The second kappa shape index (κ2) is 8.44. The normalized spacial score (nSPS) is 10.5. The molecule has 7 heteroatoms. The summed E-state index contributed by atoms with van der Waals surface area (Å²) in [5, 5.41) is 9.05. The van der Waals surface area contributed by atoms with Crippen molar-refractivity contribution < 1.29 is 9.53 Å². The number of nitrogens with one attached hydrogen (secondary N) is 1. The van der Waals surface area contributed by atoms with Crippen LogP contribution in [0.1, 0.15) is 5.56 Å². The first kappa shape index (κ1) is 17.9. The van der Waals surface area contributed by atoms with E-state index >= 15 is 0 Å². The molecule has 0 saturated heterocycles. The van der Waals surface area contributed by atoms with Gasteiger partial charge >= 0.3 is 0 Å². The van der Waals surface area contributed by atoms with E-state index in [0.717, 1.165) is 16.2 Å². The Bertz CT molecular complexity index is 918. The van der Waals surface area contributed by atoms with Gasteiger partial charge in [-0.25, -0.2) is 4.68 Å².